The predicted octanol–water partition coefficient (Wildman–Crippen LogP) is 2.92. The number of carboxylic acids is 1. The maximum atomic E-state index is 12.3. The van der Waals surface area contributed by atoms with Crippen molar-refractivity contribution < 1.29 is 19.5 Å². The molecule has 0 radical (unpaired) electrons. The standard InChI is InChI=1S/C20H20N2O4/c23-18(13-5-2-1-3-6-13)21-15-11-9-14(10-12-15)19(24)22-17-8-4-7-16(17)20(25)26/h1-3,5-6,9-12,16-17H,4,7-8H2,(H,21,23)(H,22,24)(H,25,26)/t16-,17+/m1/s1. The van der Waals surface area contributed by atoms with Crippen LogP contribution in [0.5, 0.6) is 0 Å². The van der Waals surface area contributed by atoms with Gasteiger partial charge in [0.05, 0.1) is 5.92 Å². The third kappa shape index (κ3) is 4.08. The van der Waals surface area contributed by atoms with Crippen LogP contribution >= 0.6 is 0 Å². The molecule has 2 atom stereocenters. The zero-order valence-corrected chi connectivity index (χ0v) is 14.1. The molecule has 0 saturated heterocycles. The summed E-state index contributed by atoms with van der Waals surface area (Å²) in [6.07, 6.45) is 2.06. The first-order chi connectivity index (χ1) is 12.5. The van der Waals surface area contributed by atoms with Crippen molar-refractivity contribution in [2.24, 2.45) is 5.92 Å². The molecule has 1 aliphatic carbocycles. The number of rotatable bonds is 5. The van der Waals surface area contributed by atoms with E-state index in [-0.39, 0.29) is 17.9 Å². The van der Waals surface area contributed by atoms with Gasteiger partial charge >= 0.3 is 5.97 Å². The number of hydrogen-bond acceptors (Lipinski definition) is 3. The summed E-state index contributed by atoms with van der Waals surface area (Å²) in [4.78, 5) is 35.7. The van der Waals surface area contributed by atoms with Crippen LogP contribution in [0.1, 0.15) is 40.0 Å². The molecule has 0 aromatic heterocycles. The van der Waals surface area contributed by atoms with Crippen molar-refractivity contribution in [1.82, 2.24) is 5.32 Å². The van der Waals surface area contributed by atoms with Crippen molar-refractivity contribution in [3.63, 3.8) is 0 Å². The van der Waals surface area contributed by atoms with E-state index in [0.717, 1.165) is 6.42 Å². The average Bonchev–Trinajstić information content (AvgIpc) is 3.11. The summed E-state index contributed by atoms with van der Waals surface area (Å²) >= 11 is 0. The monoisotopic (exact) mass is 352 g/mol. The molecule has 3 N–H and O–H groups in total. The highest BCUT2D eigenvalue weighted by atomic mass is 16.4. The van der Waals surface area contributed by atoms with Crippen LogP contribution in [0.25, 0.3) is 0 Å². The van der Waals surface area contributed by atoms with Crippen molar-refractivity contribution in [3.05, 3.63) is 65.7 Å². The van der Waals surface area contributed by atoms with Crippen molar-refractivity contribution in [2.75, 3.05) is 5.32 Å². The van der Waals surface area contributed by atoms with Gasteiger partial charge in [-0.25, -0.2) is 0 Å². The molecule has 3 rings (SSSR count). The van der Waals surface area contributed by atoms with Crippen molar-refractivity contribution in [1.29, 1.82) is 0 Å². The molecule has 1 aliphatic rings. The van der Waals surface area contributed by atoms with Gasteiger partial charge < -0.3 is 15.7 Å². The van der Waals surface area contributed by atoms with E-state index in [1.165, 1.54) is 0 Å². The SMILES string of the molecule is O=C(Nc1ccc(C(=O)N[C@H]2CCC[C@H]2C(=O)O)cc1)c1ccccc1. The van der Waals surface area contributed by atoms with Crippen LogP contribution in [0.15, 0.2) is 54.6 Å². The lowest BCUT2D eigenvalue weighted by Gasteiger charge is -2.17. The first kappa shape index (κ1) is 17.7. The Labute approximate surface area is 151 Å². The van der Waals surface area contributed by atoms with Gasteiger partial charge in [-0.05, 0) is 49.2 Å². The van der Waals surface area contributed by atoms with E-state index in [4.69, 9.17) is 0 Å². The number of aliphatic carboxylic acids is 1. The summed E-state index contributed by atoms with van der Waals surface area (Å²) in [6, 6.07) is 15.0. The maximum absolute atomic E-state index is 12.3. The lowest BCUT2D eigenvalue weighted by molar-refractivity contribution is -0.142. The number of amides is 2. The minimum absolute atomic E-state index is 0.224. The second-order valence-electron chi connectivity index (χ2n) is 6.35. The quantitative estimate of drug-likeness (QED) is 0.771. The van der Waals surface area contributed by atoms with Crippen LogP contribution in [0.4, 0.5) is 5.69 Å². The second kappa shape index (κ2) is 7.82. The molecule has 1 fully saturated rings. The molecule has 2 aromatic carbocycles. The average molecular weight is 352 g/mol. The third-order valence-electron chi connectivity index (χ3n) is 4.59. The highest BCUT2D eigenvalue weighted by Gasteiger charge is 2.33. The number of carbonyl (C=O) groups is 3. The van der Waals surface area contributed by atoms with Gasteiger partial charge in [0.25, 0.3) is 11.8 Å². The smallest absolute Gasteiger partial charge is 0.308 e. The third-order valence-corrected chi connectivity index (χ3v) is 4.59. The van der Waals surface area contributed by atoms with Crippen LogP contribution in [-0.2, 0) is 4.79 Å². The molecule has 1 saturated carbocycles. The number of carboxylic acid groups (broad SMARTS) is 1. The highest BCUT2D eigenvalue weighted by molar-refractivity contribution is 6.04. The van der Waals surface area contributed by atoms with E-state index < -0.39 is 11.9 Å². The van der Waals surface area contributed by atoms with Crippen LogP contribution in [0, 0.1) is 5.92 Å². The highest BCUT2D eigenvalue weighted by Crippen LogP contribution is 2.26. The molecule has 2 aromatic rings. The molecule has 2 amide bonds. The molecule has 0 aliphatic heterocycles. The fourth-order valence-electron chi connectivity index (χ4n) is 3.18. The largest absolute Gasteiger partial charge is 0.481 e. The molecule has 0 heterocycles. The summed E-state index contributed by atoms with van der Waals surface area (Å²) in [6.45, 7) is 0. The first-order valence-electron chi connectivity index (χ1n) is 8.55. The zero-order chi connectivity index (χ0) is 18.5. The number of nitrogens with one attached hydrogen (secondary N) is 2. The van der Waals surface area contributed by atoms with Crippen LogP contribution in [-0.4, -0.2) is 28.9 Å². The lowest BCUT2D eigenvalue weighted by Crippen LogP contribution is -2.40. The Morgan fingerprint density at radius 2 is 1.50 bits per heavy atom. The summed E-state index contributed by atoms with van der Waals surface area (Å²) in [7, 11) is 0. The van der Waals surface area contributed by atoms with Gasteiger partial charge in [-0.3, -0.25) is 14.4 Å². The molecule has 0 bridgehead atoms. The van der Waals surface area contributed by atoms with Gasteiger partial charge in [0, 0.05) is 22.9 Å². The van der Waals surface area contributed by atoms with Crippen LogP contribution < -0.4 is 10.6 Å². The normalized spacial score (nSPS) is 18.9. The molecule has 6 nitrogen and oxygen atoms in total. The number of hydrogen-bond donors (Lipinski definition) is 3. The van der Waals surface area contributed by atoms with E-state index in [1.807, 2.05) is 6.07 Å². The van der Waals surface area contributed by atoms with E-state index >= 15 is 0 Å². The van der Waals surface area contributed by atoms with E-state index in [1.54, 1.807) is 48.5 Å². The van der Waals surface area contributed by atoms with Crippen molar-refractivity contribution in [2.45, 2.75) is 25.3 Å². The number of carbonyl (C=O) groups excluding carboxylic acids is 2. The topological polar surface area (TPSA) is 95.5 Å². The Balaban J connectivity index is 1.61. The Kier molecular flexibility index (Phi) is 5.31. The fourth-order valence-corrected chi connectivity index (χ4v) is 3.18. The predicted molar refractivity (Wildman–Crippen MR) is 97.1 cm³/mol. The lowest BCUT2D eigenvalue weighted by atomic mass is 10.0. The molecule has 6 heteroatoms. The van der Waals surface area contributed by atoms with Crippen LogP contribution in [0.2, 0.25) is 0 Å². The zero-order valence-electron chi connectivity index (χ0n) is 14.1. The van der Waals surface area contributed by atoms with Gasteiger partial charge in [0.15, 0.2) is 0 Å². The maximum Gasteiger partial charge on any atom is 0.308 e. The summed E-state index contributed by atoms with van der Waals surface area (Å²) in [5.74, 6) is -1.92. The Morgan fingerprint density at radius 3 is 2.15 bits per heavy atom. The van der Waals surface area contributed by atoms with Crippen molar-refractivity contribution in [3.8, 4) is 0 Å². The molecular formula is C20H20N2O4. The number of benzene rings is 2. The van der Waals surface area contributed by atoms with Crippen molar-refractivity contribution >= 4 is 23.5 Å². The van der Waals surface area contributed by atoms with Gasteiger partial charge in [0.1, 0.15) is 0 Å². The molecule has 26 heavy (non-hydrogen) atoms. The number of anilines is 1. The van der Waals surface area contributed by atoms with E-state index in [0.29, 0.717) is 29.7 Å². The second-order valence-corrected chi connectivity index (χ2v) is 6.35. The fraction of sp³-hybridized carbons (Fsp3) is 0.250. The van der Waals surface area contributed by atoms with Gasteiger partial charge in [-0.15, -0.1) is 0 Å². The minimum Gasteiger partial charge on any atom is -0.481 e. The van der Waals surface area contributed by atoms with E-state index in [2.05, 4.69) is 10.6 Å². The summed E-state index contributed by atoms with van der Waals surface area (Å²) < 4.78 is 0. The Hall–Kier alpha value is -3.15. The molecule has 134 valence electrons. The Morgan fingerprint density at radius 1 is 0.846 bits per heavy atom. The summed E-state index contributed by atoms with van der Waals surface area (Å²) in [5, 5.41) is 14.8. The minimum atomic E-state index is -0.869. The van der Waals surface area contributed by atoms with Gasteiger partial charge in [0.2, 0.25) is 0 Å². The van der Waals surface area contributed by atoms with Crippen LogP contribution in [0.3, 0.4) is 0 Å². The first-order valence-corrected chi connectivity index (χ1v) is 8.55. The van der Waals surface area contributed by atoms with Gasteiger partial charge in [-0.2, -0.15) is 0 Å². The summed E-state index contributed by atoms with van der Waals surface area (Å²) in [5.41, 5.74) is 1.56. The molecule has 0 spiro atoms. The van der Waals surface area contributed by atoms with Gasteiger partial charge in [-0.1, -0.05) is 24.6 Å². The molecular weight excluding hydrogens is 332 g/mol. The molecule has 0 unspecified atom stereocenters. The Bertz CT molecular complexity index is 802. The van der Waals surface area contributed by atoms with E-state index in [9.17, 15) is 19.5 Å².